The van der Waals surface area contributed by atoms with Gasteiger partial charge in [0.1, 0.15) is 25.0 Å². The average Bonchev–Trinajstić information content (AvgIpc) is 2.74. The van der Waals surface area contributed by atoms with Gasteiger partial charge in [0.15, 0.2) is 0 Å². The fourth-order valence-electron chi connectivity index (χ4n) is 4.01. The summed E-state index contributed by atoms with van der Waals surface area (Å²) in [5.41, 5.74) is 3.70. The molecule has 1 aliphatic rings. The minimum absolute atomic E-state index is 0.341. The number of quaternary nitrogens is 1. The molecule has 0 radical (unpaired) electrons. The molecule has 0 aromatic heterocycles. The topological polar surface area (TPSA) is 37.1 Å². The molecule has 1 heterocycles. The van der Waals surface area contributed by atoms with Crippen molar-refractivity contribution in [2.24, 2.45) is 0 Å². The lowest BCUT2D eigenvalue weighted by atomic mass is 9.98. The van der Waals surface area contributed by atoms with Gasteiger partial charge in [0.2, 0.25) is 0 Å². The molecule has 1 aliphatic heterocycles. The SMILES string of the molecule is CC[C@@H](C)c1ccccc1OC[C@@H](O)C[NH+]1CCN(c2cc(Cl)ccc2C)CC1. The summed E-state index contributed by atoms with van der Waals surface area (Å²) in [6, 6.07) is 14.3. The van der Waals surface area contributed by atoms with Crippen LogP contribution in [0.4, 0.5) is 5.69 Å². The number of nitrogens with zero attached hydrogens (tertiary/aromatic N) is 1. The van der Waals surface area contributed by atoms with Gasteiger partial charge in [0.25, 0.3) is 0 Å². The molecule has 2 aromatic carbocycles. The molecule has 0 aliphatic carbocycles. The van der Waals surface area contributed by atoms with Crippen molar-refractivity contribution in [3.8, 4) is 5.75 Å². The Hall–Kier alpha value is -1.75. The number of piperazine rings is 1. The molecule has 5 heteroatoms. The number of ether oxygens (including phenoxy) is 1. The molecule has 1 fully saturated rings. The van der Waals surface area contributed by atoms with Crippen LogP contribution in [0.2, 0.25) is 5.02 Å². The maximum Gasteiger partial charge on any atom is 0.137 e. The molecule has 1 saturated heterocycles. The summed E-state index contributed by atoms with van der Waals surface area (Å²) in [7, 11) is 0. The second-order valence-corrected chi connectivity index (χ2v) is 8.62. The van der Waals surface area contributed by atoms with E-state index in [1.165, 1.54) is 21.7 Å². The molecule has 4 nitrogen and oxygen atoms in total. The molecule has 158 valence electrons. The van der Waals surface area contributed by atoms with Gasteiger partial charge in [0.05, 0.1) is 26.2 Å². The molecule has 0 unspecified atom stereocenters. The van der Waals surface area contributed by atoms with Crippen molar-refractivity contribution in [1.82, 2.24) is 0 Å². The third kappa shape index (κ3) is 5.88. The third-order valence-electron chi connectivity index (χ3n) is 6.00. The smallest absolute Gasteiger partial charge is 0.137 e. The van der Waals surface area contributed by atoms with E-state index in [1.54, 1.807) is 0 Å². The number of aliphatic hydroxyl groups excluding tert-OH is 1. The van der Waals surface area contributed by atoms with Crippen molar-refractivity contribution in [3.05, 3.63) is 58.6 Å². The van der Waals surface area contributed by atoms with Crippen LogP contribution >= 0.6 is 11.6 Å². The lowest BCUT2D eigenvalue weighted by Gasteiger charge is -2.35. The molecular weight excluding hydrogens is 384 g/mol. The highest BCUT2D eigenvalue weighted by molar-refractivity contribution is 6.30. The van der Waals surface area contributed by atoms with Crippen molar-refractivity contribution in [2.45, 2.75) is 39.2 Å². The van der Waals surface area contributed by atoms with Crippen LogP contribution < -0.4 is 14.5 Å². The largest absolute Gasteiger partial charge is 0.490 e. The zero-order valence-electron chi connectivity index (χ0n) is 17.8. The summed E-state index contributed by atoms with van der Waals surface area (Å²) in [6.07, 6.45) is 0.609. The van der Waals surface area contributed by atoms with E-state index >= 15 is 0 Å². The second-order valence-electron chi connectivity index (χ2n) is 8.18. The van der Waals surface area contributed by atoms with Crippen molar-refractivity contribution < 1.29 is 14.7 Å². The van der Waals surface area contributed by atoms with Crippen LogP contribution in [-0.4, -0.2) is 50.5 Å². The lowest BCUT2D eigenvalue weighted by Crippen LogP contribution is -3.16. The fourth-order valence-corrected chi connectivity index (χ4v) is 4.17. The monoisotopic (exact) mass is 417 g/mol. The van der Waals surface area contributed by atoms with Gasteiger partial charge in [0, 0.05) is 10.7 Å². The number of rotatable bonds is 8. The Balaban J connectivity index is 1.48. The molecule has 0 bridgehead atoms. The zero-order chi connectivity index (χ0) is 20.8. The number of benzene rings is 2. The van der Waals surface area contributed by atoms with Gasteiger partial charge in [-0.1, -0.05) is 49.7 Å². The van der Waals surface area contributed by atoms with Gasteiger partial charge in [-0.15, -0.1) is 0 Å². The number of halogens is 1. The summed E-state index contributed by atoms with van der Waals surface area (Å²) in [5.74, 6) is 1.36. The Morgan fingerprint density at radius 1 is 1.17 bits per heavy atom. The Morgan fingerprint density at radius 2 is 1.90 bits per heavy atom. The van der Waals surface area contributed by atoms with E-state index in [2.05, 4.69) is 49.9 Å². The normalized spacial score (nSPS) is 17.2. The van der Waals surface area contributed by atoms with E-state index < -0.39 is 6.10 Å². The van der Waals surface area contributed by atoms with E-state index in [4.69, 9.17) is 16.3 Å². The first-order chi connectivity index (χ1) is 14.0. The minimum atomic E-state index is -0.463. The zero-order valence-corrected chi connectivity index (χ0v) is 18.6. The first-order valence-corrected chi connectivity index (χ1v) is 11.1. The molecular formula is C24H34ClN2O2+. The highest BCUT2D eigenvalue weighted by Crippen LogP contribution is 2.28. The molecule has 2 aromatic rings. The number of hydrogen-bond acceptors (Lipinski definition) is 3. The Morgan fingerprint density at radius 3 is 2.62 bits per heavy atom. The molecule has 29 heavy (non-hydrogen) atoms. The highest BCUT2D eigenvalue weighted by atomic mass is 35.5. The number of hydrogen-bond donors (Lipinski definition) is 2. The van der Waals surface area contributed by atoms with Crippen molar-refractivity contribution in [3.63, 3.8) is 0 Å². The summed E-state index contributed by atoms with van der Waals surface area (Å²) in [5, 5.41) is 11.3. The van der Waals surface area contributed by atoms with E-state index in [0.717, 1.165) is 43.4 Å². The van der Waals surface area contributed by atoms with Gasteiger partial charge < -0.3 is 19.6 Å². The number of para-hydroxylation sites is 1. The van der Waals surface area contributed by atoms with Crippen LogP contribution in [-0.2, 0) is 0 Å². The molecule has 2 atom stereocenters. The molecule has 0 amide bonds. The van der Waals surface area contributed by atoms with E-state index in [1.807, 2.05) is 18.2 Å². The summed E-state index contributed by atoms with van der Waals surface area (Å²) >= 11 is 6.18. The molecule has 2 N–H and O–H groups in total. The van der Waals surface area contributed by atoms with E-state index in [9.17, 15) is 5.11 Å². The second kappa shape index (κ2) is 10.3. The summed E-state index contributed by atoms with van der Waals surface area (Å²) in [4.78, 5) is 3.82. The molecule has 0 spiro atoms. The van der Waals surface area contributed by atoms with E-state index in [-0.39, 0.29) is 0 Å². The predicted octanol–water partition coefficient (Wildman–Crippen LogP) is 3.31. The Kier molecular flexibility index (Phi) is 7.82. The number of nitrogens with one attached hydrogen (secondary N) is 1. The maximum absolute atomic E-state index is 10.5. The van der Waals surface area contributed by atoms with Crippen LogP contribution in [0.5, 0.6) is 5.75 Å². The quantitative estimate of drug-likeness (QED) is 0.692. The van der Waals surface area contributed by atoms with Crippen molar-refractivity contribution in [1.29, 1.82) is 0 Å². The van der Waals surface area contributed by atoms with E-state index in [0.29, 0.717) is 19.1 Å². The first kappa shape index (κ1) is 21.9. The third-order valence-corrected chi connectivity index (χ3v) is 6.24. The highest BCUT2D eigenvalue weighted by Gasteiger charge is 2.24. The summed E-state index contributed by atoms with van der Waals surface area (Å²) < 4.78 is 5.99. The van der Waals surface area contributed by atoms with Crippen LogP contribution in [0.25, 0.3) is 0 Å². The van der Waals surface area contributed by atoms with Crippen LogP contribution in [0.15, 0.2) is 42.5 Å². The number of aryl methyl sites for hydroxylation is 1. The first-order valence-electron chi connectivity index (χ1n) is 10.7. The number of anilines is 1. The fraction of sp³-hybridized carbons (Fsp3) is 0.500. The molecule has 3 rings (SSSR count). The minimum Gasteiger partial charge on any atom is -0.490 e. The van der Waals surface area contributed by atoms with Gasteiger partial charge >= 0.3 is 0 Å². The van der Waals surface area contributed by atoms with Gasteiger partial charge in [-0.3, -0.25) is 0 Å². The standard InChI is InChI=1S/C24H33ClN2O2/c1-4-18(2)22-7-5-6-8-24(22)29-17-21(28)16-26-11-13-27(14-12-26)23-15-20(25)10-9-19(23)3/h5-10,15,18,21,28H,4,11-14,16-17H2,1-3H3/p+1/t18-,21+/m1/s1. The van der Waals surface area contributed by atoms with Crippen LogP contribution in [0.3, 0.4) is 0 Å². The van der Waals surface area contributed by atoms with Crippen LogP contribution in [0.1, 0.15) is 37.3 Å². The maximum atomic E-state index is 10.5. The van der Waals surface area contributed by atoms with Gasteiger partial charge in [-0.05, 0) is 48.6 Å². The Labute approximate surface area is 180 Å². The van der Waals surface area contributed by atoms with Gasteiger partial charge in [-0.2, -0.15) is 0 Å². The van der Waals surface area contributed by atoms with Gasteiger partial charge in [-0.25, -0.2) is 0 Å². The number of aliphatic hydroxyl groups is 1. The Bertz CT molecular complexity index is 790. The van der Waals surface area contributed by atoms with Crippen molar-refractivity contribution >= 4 is 17.3 Å². The predicted molar refractivity (Wildman–Crippen MR) is 121 cm³/mol. The lowest BCUT2D eigenvalue weighted by molar-refractivity contribution is -0.903. The average molecular weight is 418 g/mol. The van der Waals surface area contributed by atoms with Crippen LogP contribution in [0, 0.1) is 6.92 Å². The molecule has 0 saturated carbocycles. The van der Waals surface area contributed by atoms with Crippen molar-refractivity contribution in [2.75, 3.05) is 44.2 Å². The summed E-state index contributed by atoms with van der Waals surface area (Å²) in [6.45, 7) is 11.5.